The molecule has 0 aliphatic carbocycles. The first-order valence-electron chi connectivity index (χ1n) is 3.29. The number of rotatable bonds is 3. The van der Waals surface area contributed by atoms with E-state index in [0.29, 0.717) is 5.69 Å². The molecule has 0 amide bonds. The summed E-state index contributed by atoms with van der Waals surface area (Å²) in [6, 6.07) is 8.45. The van der Waals surface area contributed by atoms with Gasteiger partial charge in [0.05, 0.1) is 5.69 Å². The number of sulfonamides is 1. The van der Waals surface area contributed by atoms with Crippen LogP contribution >= 0.6 is 0 Å². The predicted octanol–water partition coefficient (Wildman–Crippen LogP) is 1.40. The standard InChI is InChI=1S/C8H8NO2S/c1-2-12(10,11)9-8-6-4-3-5-7-8/h2-7H,1H2. The fourth-order valence-electron chi connectivity index (χ4n) is 0.673. The highest BCUT2D eigenvalue weighted by atomic mass is 32.2. The van der Waals surface area contributed by atoms with Crippen LogP contribution in [0.3, 0.4) is 0 Å². The zero-order valence-electron chi connectivity index (χ0n) is 6.34. The van der Waals surface area contributed by atoms with Gasteiger partial charge in [0.2, 0.25) is 0 Å². The molecule has 0 unspecified atom stereocenters. The lowest BCUT2D eigenvalue weighted by atomic mass is 10.3. The fourth-order valence-corrected chi connectivity index (χ4v) is 1.16. The van der Waals surface area contributed by atoms with Crippen LogP contribution in [0.4, 0.5) is 5.69 Å². The van der Waals surface area contributed by atoms with Crippen LogP contribution in [0.2, 0.25) is 0 Å². The van der Waals surface area contributed by atoms with Crippen molar-refractivity contribution in [2.75, 3.05) is 0 Å². The predicted molar refractivity (Wildman–Crippen MR) is 47.4 cm³/mol. The Morgan fingerprint density at radius 2 is 1.83 bits per heavy atom. The summed E-state index contributed by atoms with van der Waals surface area (Å²) < 4.78 is 25.2. The third kappa shape index (κ3) is 2.39. The largest absolute Gasteiger partial charge is 0.275 e. The van der Waals surface area contributed by atoms with Gasteiger partial charge in [-0.3, -0.25) is 0 Å². The van der Waals surface area contributed by atoms with Crippen LogP contribution in [-0.4, -0.2) is 8.42 Å². The molecule has 0 aliphatic heterocycles. The van der Waals surface area contributed by atoms with E-state index in [-0.39, 0.29) is 0 Å². The quantitative estimate of drug-likeness (QED) is 0.709. The molecule has 0 N–H and O–H groups in total. The third-order valence-electron chi connectivity index (χ3n) is 1.20. The van der Waals surface area contributed by atoms with Crippen molar-refractivity contribution in [3.05, 3.63) is 42.3 Å². The second-order valence-corrected chi connectivity index (χ2v) is 3.65. The maximum Gasteiger partial charge on any atom is 0.275 e. The van der Waals surface area contributed by atoms with Crippen molar-refractivity contribution in [2.45, 2.75) is 0 Å². The van der Waals surface area contributed by atoms with Gasteiger partial charge in [0.15, 0.2) is 0 Å². The second-order valence-electron chi connectivity index (χ2n) is 2.11. The number of hydrogen-bond donors (Lipinski definition) is 0. The van der Waals surface area contributed by atoms with Crippen LogP contribution in [0.25, 0.3) is 0 Å². The Morgan fingerprint density at radius 1 is 1.25 bits per heavy atom. The molecule has 0 aromatic heterocycles. The molecule has 1 aromatic rings. The molecule has 12 heavy (non-hydrogen) atoms. The van der Waals surface area contributed by atoms with Gasteiger partial charge < -0.3 is 0 Å². The van der Waals surface area contributed by atoms with E-state index in [1.807, 2.05) is 0 Å². The number of benzene rings is 1. The van der Waals surface area contributed by atoms with Crippen LogP contribution < -0.4 is 4.72 Å². The highest BCUT2D eigenvalue weighted by Gasteiger charge is 2.05. The van der Waals surface area contributed by atoms with E-state index in [2.05, 4.69) is 11.3 Å². The zero-order chi connectivity index (χ0) is 9.03. The van der Waals surface area contributed by atoms with Gasteiger partial charge in [0, 0.05) is 5.41 Å². The van der Waals surface area contributed by atoms with Crippen LogP contribution in [0.1, 0.15) is 0 Å². The molecule has 63 valence electrons. The molecule has 1 aromatic carbocycles. The van der Waals surface area contributed by atoms with Crippen molar-refractivity contribution in [2.24, 2.45) is 0 Å². The van der Waals surface area contributed by atoms with Crippen molar-refractivity contribution in [1.82, 2.24) is 4.72 Å². The fraction of sp³-hybridized carbons (Fsp3) is 0. The van der Waals surface area contributed by atoms with Gasteiger partial charge in [0.25, 0.3) is 10.0 Å². The molecule has 1 radical (unpaired) electrons. The van der Waals surface area contributed by atoms with E-state index < -0.39 is 10.0 Å². The molecule has 0 atom stereocenters. The van der Waals surface area contributed by atoms with Gasteiger partial charge in [-0.25, -0.2) is 0 Å². The molecule has 0 aliphatic rings. The minimum absolute atomic E-state index is 0.414. The minimum atomic E-state index is -3.48. The maximum absolute atomic E-state index is 10.9. The van der Waals surface area contributed by atoms with E-state index in [1.54, 1.807) is 30.3 Å². The highest BCUT2D eigenvalue weighted by molar-refractivity contribution is 7.92. The molecule has 0 spiro atoms. The van der Waals surface area contributed by atoms with Crippen LogP contribution in [0.15, 0.2) is 42.3 Å². The monoisotopic (exact) mass is 182 g/mol. The molecule has 4 heteroatoms. The van der Waals surface area contributed by atoms with Gasteiger partial charge in [0.1, 0.15) is 0 Å². The number of nitrogens with zero attached hydrogens (tertiary/aromatic N) is 1. The average molecular weight is 182 g/mol. The lowest BCUT2D eigenvalue weighted by Gasteiger charge is -1.97. The van der Waals surface area contributed by atoms with Crippen LogP contribution in [-0.2, 0) is 10.0 Å². The Balaban J connectivity index is 2.85. The molecule has 0 saturated heterocycles. The molecular formula is C8H8NO2S. The van der Waals surface area contributed by atoms with Crippen molar-refractivity contribution in [1.29, 1.82) is 0 Å². The minimum Gasteiger partial charge on any atom is -0.200 e. The molecule has 0 bridgehead atoms. The summed E-state index contributed by atoms with van der Waals surface area (Å²) in [7, 11) is -3.48. The molecule has 0 heterocycles. The number of hydrogen-bond acceptors (Lipinski definition) is 2. The smallest absolute Gasteiger partial charge is 0.200 e. The Labute approximate surface area is 71.8 Å². The maximum atomic E-state index is 10.9. The van der Waals surface area contributed by atoms with Crippen LogP contribution in [0.5, 0.6) is 0 Å². The lowest BCUT2D eigenvalue weighted by Crippen LogP contribution is -2.06. The molecule has 0 fully saturated rings. The molecular weight excluding hydrogens is 174 g/mol. The summed E-state index contributed by atoms with van der Waals surface area (Å²) in [6.45, 7) is 3.15. The third-order valence-corrected chi connectivity index (χ3v) is 2.09. The van der Waals surface area contributed by atoms with E-state index in [4.69, 9.17) is 0 Å². The normalized spacial score (nSPS) is 10.7. The van der Waals surface area contributed by atoms with Crippen LogP contribution in [0, 0.1) is 0 Å². The Morgan fingerprint density at radius 3 is 2.33 bits per heavy atom. The summed E-state index contributed by atoms with van der Waals surface area (Å²) in [5, 5.41) is 0.819. The Kier molecular flexibility index (Phi) is 2.50. The van der Waals surface area contributed by atoms with Gasteiger partial charge in [-0.15, -0.1) is 0 Å². The second kappa shape index (κ2) is 3.40. The summed E-state index contributed by atoms with van der Waals surface area (Å²) in [4.78, 5) is 0. The topological polar surface area (TPSA) is 48.2 Å². The van der Waals surface area contributed by atoms with E-state index >= 15 is 0 Å². The molecule has 1 rings (SSSR count). The van der Waals surface area contributed by atoms with Gasteiger partial charge in [-0.05, 0) is 12.1 Å². The Hall–Kier alpha value is -1.29. The van der Waals surface area contributed by atoms with E-state index in [9.17, 15) is 8.42 Å². The summed E-state index contributed by atoms with van der Waals surface area (Å²) in [5.41, 5.74) is 0.414. The van der Waals surface area contributed by atoms with E-state index in [1.165, 1.54) is 0 Å². The van der Waals surface area contributed by atoms with Crippen molar-refractivity contribution in [3.8, 4) is 0 Å². The SMILES string of the molecule is C=CS(=O)(=O)[N]c1ccccc1. The molecule has 0 saturated carbocycles. The average Bonchev–Trinajstić information content (AvgIpc) is 2.06. The van der Waals surface area contributed by atoms with Gasteiger partial charge >= 0.3 is 0 Å². The highest BCUT2D eigenvalue weighted by Crippen LogP contribution is 2.07. The summed E-state index contributed by atoms with van der Waals surface area (Å²) in [5.74, 6) is 0. The first-order valence-corrected chi connectivity index (χ1v) is 4.80. The zero-order valence-corrected chi connectivity index (χ0v) is 7.16. The van der Waals surface area contributed by atoms with Gasteiger partial charge in [-0.1, -0.05) is 24.8 Å². The first kappa shape index (κ1) is 8.80. The Bertz CT molecular complexity index is 356. The summed E-state index contributed by atoms with van der Waals surface area (Å²) in [6.07, 6.45) is 0. The van der Waals surface area contributed by atoms with Crippen molar-refractivity contribution in [3.63, 3.8) is 0 Å². The summed E-state index contributed by atoms with van der Waals surface area (Å²) >= 11 is 0. The van der Waals surface area contributed by atoms with E-state index in [0.717, 1.165) is 5.41 Å². The first-order chi connectivity index (χ1) is 5.64. The lowest BCUT2D eigenvalue weighted by molar-refractivity contribution is 0.599. The van der Waals surface area contributed by atoms with Gasteiger partial charge in [-0.2, -0.15) is 13.1 Å². The van der Waals surface area contributed by atoms with Crippen molar-refractivity contribution >= 4 is 15.7 Å². The molecule has 3 nitrogen and oxygen atoms in total. The van der Waals surface area contributed by atoms with Crippen molar-refractivity contribution < 1.29 is 8.42 Å².